The van der Waals surface area contributed by atoms with Gasteiger partial charge in [-0.2, -0.15) is 4.98 Å². The summed E-state index contributed by atoms with van der Waals surface area (Å²) >= 11 is 0. The average Bonchev–Trinajstić information content (AvgIpc) is 2.36. The standard InChI is InChI=1S/C15H19FN4/c1-15(2,3)20-13-8-9-17-14(19-13)18-10-11-6-4-5-7-12(11)16/h4-9H,10H2,1-3H3,(H2,17,18,19,20). The fourth-order valence-electron chi connectivity index (χ4n) is 1.71. The molecule has 0 bridgehead atoms. The van der Waals surface area contributed by atoms with Gasteiger partial charge in [-0.05, 0) is 32.9 Å². The molecule has 1 aromatic heterocycles. The van der Waals surface area contributed by atoms with E-state index in [4.69, 9.17) is 0 Å². The predicted molar refractivity (Wildman–Crippen MR) is 79.1 cm³/mol. The quantitative estimate of drug-likeness (QED) is 0.896. The minimum Gasteiger partial charge on any atom is -0.365 e. The molecule has 0 aliphatic rings. The van der Waals surface area contributed by atoms with E-state index >= 15 is 0 Å². The van der Waals surface area contributed by atoms with Gasteiger partial charge in [0.15, 0.2) is 0 Å². The van der Waals surface area contributed by atoms with Crippen molar-refractivity contribution >= 4 is 11.8 Å². The Morgan fingerprint density at radius 3 is 2.60 bits per heavy atom. The first kappa shape index (κ1) is 14.2. The van der Waals surface area contributed by atoms with Crippen LogP contribution < -0.4 is 10.6 Å². The fourth-order valence-corrected chi connectivity index (χ4v) is 1.71. The molecule has 1 aromatic carbocycles. The molecule has 0 unspecified atom stereocenters. The number of hydrogen-bond donors (Lipinski definition) is 2. The summed E-state index contributed by atoms with van der Waals surface area (Å²) in [4.78, 5) is 8.48. The number of benzene rings is 1. The van der Waals surface area contributed by atoms with E-state index in [1.807, 2.05) is 0 Å². The summed E-state index contributed by atoms with van der Waals surface area (Å²) in [6.45, 7) is 6.52. The number of halogens is 1. The highest BCUT2D eigenvalue weighted by Gasteiger charge is 2.10. The Morgan fingerprint density at radius 1 is 1.15 bits per heavy atom. The molecule has 2 aromatic rings. The van der Waals surface area contributed by atoms with Crippen LogP contribution in [0.1, 0.15) is 26.3 Å². The van der Waals surface area contributed by atoms with E-state index in [1.165, 1.54) is 6.07 Å². The van der Waals surface area contributed by atoms with Gasteiger partial charge in [-0.15, -0.1) is 0 Å². The third-order valence-corrected chi connectivity index (χ3v) is 2.55. The lowest BCUT2D eigenvalue weighted by atomic mass is 10.1. The Kier molecular flexibility index (Phi) is 4.17. The van der Waals surface area contributed by atoms with Gasteiger partial charge in [0, 0.05) is 23.8 Å². The van der Waals surface area contributed by atoms with Gasteiger partial charge in [0.2, 0.25) is 5.95 Å². The molecular formula is C15H19FN4. The zero-order valence-corrected chi connectivity index (χ0v) is 11.9. The maximum atomic E-state index is 13.5. The van der Waals surface area contributed by atoms with Crippen LogP contribution in [0, 0.1) is 5.82 Å². The highest BCUT2D eigenvalue weighted by Crippen LogP contribution is 2.14. The van der Waals surface area contributed by atoms with Crippen molar-refractivity contribution < 1.29 is 4.39 Å². The summed E-state index contributed by atoms with van der Waals surface area (Å²) in [5.74, 6) is 0.981. The second-order valence-electron chi connectivity index (χ2n) is 5.59. The van der Waals surface area contributed by atoms with E-state index in [0.29, 0.717) is 18.1 Å². The Labute approximate surface area is 118 Å². The maximum absolute atomic E-state index is 13.5. The SMILES string of the molecule is CC(C)(C)Nc1ccnc(NCc2ccccc2F)n1. The Hall–Kier alpha value is -2.17. The Bertz CT molecular complexity index is 578. The van der Waals surface area contributed by atoms with Crippen LogP contribution in [0.25, 0.3) is 0 Å². The van der Waals surface area contributed by atoms with Crippen molar-refractivity contribution in [1.82, 2.24) is 9.97 Å². The normalized spacial score (nSPS) is 11.2. The molecule has 0 fully saturated rings. The summed E-state index contributed by atoms with van der Waals surface area (Å²) in [5, 5.41) is 6.29. The molecule has 5 heteroatoms. The molecular weight excluding hydrogens is 255 g/mol. The van der Waals surface area contributed by atoms with Crippen LogP contribution in [0.15, 0.2) is 36.5 Å². The molecule has 20 heavy (non-hydrogen) atoms. The minimum absolute atomic E-state index is 0.0723. The maximum Gasteiger partial charge on any atom is 0.224 e. The van der Waals surface area contributed by atoms with Gasteiger partial charge in [0.1, 0.15) is 11.6 Å². The molecule has 2 N–H and O–H groups in total. The zero-order valence-electron chi connectivity index (χ0n) is 11.9. The highest BCUT2D eigenvalue weighted by atomic mass is 19.1. The van der Waals surface area contributed by atoms with E-state index < -0.39 is 0 Å². The first-order chi connectivity index (χ1) is 9.44. The zero-order chi connectivity index (χ0) is 14.6. The van der Waals surface area contributed by atoms with Crippen molar-refractivity contribution in [1.29, 1.82) is 0 Å². The van der Waals surface area contributed by atoms with Gasteiger partial charge in [0.25, 0.3) is 0 Å². The summed E-state index contributed by atoms with van der Waals surface area (Å²) in [6, 6.07) is 8.45. The molecule has 0 aliphatic carbocycles. The summed E-state index contributed by atoms with van der Waals surface area (Å²) in [7, 11) is 0. The van der Waals surface area contributed by atoms with Crippen molar-refractivity contribution in [2.45, 2.75) is 32.9 Å². The molecule has 2 rings (SSSR count). The molecule has 1 heterocycles. The third-order valence-electron chi connectivity index (χ3n) is 2.55. The fraction of sp³-hybridized carbons (Fsp3) is 0.333. The van der Waals surface area contributed by atoms with Crippen LogP contribution in [0.4, 0.5) is 16.2 Å². The van der Waals surface area contributed by atoms with E-state index in [9.17, 15) is 4.39 Å². The molecule has 0 saturated carbocycles. The molecule has 0 amide bonds. The summed E-state index contributed by atoms with van der Waals surface area (Å²) < 4.78 is 13.5. The highest BCUT2D eigenvalue weighted by molar-refractivity contribution is 5.41. The number of aromatic nitrogens is 2. The van der Waals surface area contributed by atoms with Crippen molar-refractivity contribution in [3.8, 4) is 0 Å². The van der Waals surface area contributed by atoms with Gasteiger partial charge in [-0.25, -0.2) is 9.37 Å². The number of nitrogens with zero attached hydrogens (tertiary/aromatic N) is 2. The van der Waals surface area contributed by atoms with Crippen LogP contribution in [0.2, 0.25) is 0 Å². The number of anilines is 2. The second kappa shape index (κ2) is 5.86. The Morgan fingerprint density at radius 2 is 1.90 bits per heavy atom. The largest absolute Gasteiger partial charge is 0.365 e. The molecule has 0 saturated heterocycles. The van der Waals surface area contributed by atoms with Crippen molar-refractivity contribution in [3.05, 3.63) is 47.9 Å². The van der Waals surface area contributed by atoms with Gasteiger partial charge >= 0.3 is 0 Å². The first-order valence-corrected chi connectivity index (χ1v) is 6.52. The average molecular weight is 274 g/mol. The lowest BCUT2D eigenvalue weighted by Gasteiger charge is -2.21. The number of rotatable bonds is 4. The molecule has 0 aliphatic heterocycles. The number of nitrogens with one attached hydrogen (secondary N) is 2. The minimum atomic E-state index is -0.232. The van der Waals surface area contributed by atoms with Crippen molar-refractivity contribution in [2.75, 3.05) is 10.6 Å². The summed E-state index contributed by atoms with van der Waals surface area (Å²) in [6.07, 6.45) is 1.67. The smallest absolute Gasteiger partial charge is 0.224 e. The van der Waals surface area contributed by atoms with Crippen molar-refractivity contribution in [3.63, 3.8) is 0 Å². The lowest BCUT2D eigenvalue weighted by Crippen LogP contribution is -2.26. The van der Waals surface area contributed by atoms with Crippen LogP contribution in [-0.2, 0) is 6.54 Å². The van der Waals surface area contributed by atoms with Gasteiger partial charge < -0.3 is 10.6 Å². The Balaban J connectivity index is 2.03. The van der Waals surface area contributed by atoms with Gasteiger partial charge in [0.05, 0.1) is 0 Å². The van der Waals surface area contributed by atoms with Crippen molar-refractivity contribution in [2.24, 2.45) is 0 Å². The van der Waals surface area contributed by atoms with Crippen LogP contribution in [0.5, 0.6) is 0 Å². The molecule has 4 nitrogen and oxygen atoms in total. The van der Waals surface area contributed by atoms with Crippen LogP contribution in [0.3, 0.4) is 0 Å². The summed E-state index contributed by atoms with van der Waals surface area (Å²) in [5.41, 5.74) is 0.516. The predicted octanol–water partition coefficient (Wildman–Crippen LogP) is 3.44. The third kappa shape index (κ3) is 4.19. The van der Waals surface area contributed by atoms with Gasteiger partial charge in [-0.3, -0.25) is 0 Å². The topological polar surface area (TPSA) is 49.8 Å². The van der Waals surface area contributed by atoms with E-state index in [0.717, 1.165) is 5.82 Å². The number of hydrogen-bond acceptors (Lipinski definition) is 4. The van der Waals surface area contributed by atoms with E-state index in [1.54, 1.807) is 30.5 Å². The second-order valence-corrected chi connectivity index (χ2v) is 5.59. The van der Waals surface area contributed by atoms with Crippen LogP contribution >= 0.6 is 0 Å². The monoisotopic (exact) mass is 274 g/mol. The van der Waals surface area contributed by atoms with E-state index in [2.05, 4.69) is 41.4 Å². The molecule has 0 spiro atoms. The van der Waals surface area contributed by atoms with E-state index in [-0.39, 0.29) is 11.4 Å². The lowest BCUT2D eigenvalue weighted by molar-refractivity contribution is 0.612. The molecule has 0 radical (unpaired) electrons. The molecule has 106 valence electrons. The molecule has 0 atom stereocenters. The van der Waals surface area contributed by atoms with Crippen LogP contribution in [-0.4, -0.2) is 15.5 Å². The first-order valence-electron chi connectivity index (χ1n) is 6.52. The van der Waals surface area contributed by atoms with Gasteiger partial charge in [-0.1, -0.05) is 18.2 Å².